The number of benzene rings is 2. The van der Waals surface area contributed by atoms with Crippen LogP contribution in [0.5, 0.6) is 0 Å². The van der Waals surface area contributed by atoms with Crippen LogP contribution in [0.4, 0.5) is 8.78 Å². The van der Waals surface area contributed by atoms with Crippen molar-refractivity contribution in [2.45, 2.75) is 11.4 Å². The van der Waals surface area contributed by atoms with E-state index in [1.165, 1.54) is 29.2 Å². The van der Waals surface area contributed by atoms with E-state index >= 15 is 8.78 Å². The summed E-state index contributed by atoms with van der Waals surface area (Å²) in [5.74, 6) is -1.52. The van der Waals surface area contributed by atoms with Gasteiger partial charge in [-0.3, -0.25) is 0 Å². The first kappa shape index (κ1) is 21.9. The Hall–Kier alpha value is -4.56. The summed E-state index contributed by atoms with van der Waals surface area (Å²) < 4.78 is 66.6. The van der Waals surface area contributed by atoms with E-state index in [0.29, 0.717) is 16.2 Å². The monoisotopic (exact) mass is 505 g/mol. The third-order valence-corrected chi connectivity index (χ3v) is 7.27. The molecule has 0 unspecified atom stereocenters. The highest BCUT2D eigenvalue weighted by molar-refractivity contribution is 7.90. The molecule has 0 spiro atoms. The number of pyridine rings is 1. The molecular formula is C25H13F2N3O5S. The van der Waals surface area contributed by atoms with Gasteiger partial charge in [0.05, 0.1) is 39.6 Å². The highest BCUT2D eigenvalue weighted by Crippen LogP contribution is 2.39. The lowest BCUT2D eigenvalue weighted by molar-refractivity contribution is 0.552. The summed E-state index contributed by atoms with van der Waals surface area (Å²) in [6.07, 6.45) is 3.66. The number of hydrogen-bond acceptors (Lipinski definition) is 7. The van der Waals surface area contributed by atoms with E-state index in [-0.39, 0.29) is 45.4 Å². The largest absolute Gasteiger partial charge is 0.463 e. The van der Waals surface area contributed by atoms with Crippen LogP contribution in [0.15, 0.2) is 67.4 Å². The van der Waals surface area contributed by atoms with Gasteiger partial charge in [0.1, 0.15) is 28.8 Å². The summed E-state index contributed by atoms with van der Waals surface area (Å²) >= 11 is 0. The minimum atomic E-state index is -3.87. The molecule has 0 bridgehead atoms. The standard InChI is InChI=1S/C25H13F2N3O5S/c1-36(32,33)19-9-16(26)13(7-12(19)10-28)11-30-18-8-17(27)14-4-6-34-23(14)21(18)20-15-3-2-5-29-24(15)35-25(31)22(20)30/h2-9H,11H2,1H3. The maximum atomic E-state index is 15.1. The predicted molar refractivity (Wildman–Crippen MR) is 126 cm³/mol. The molecule has 0 N–H and O–H groups in total. The van der Waals surface area contributed by atoms with Crippen LogP contribution in [0.2, 0.25) is 0 Å². The first-order chi connectivity index (χ1) is 17.2. The van der Waals surface area contributed by atoms with Gasteiger partial charge < -0.3 is 13.4 Å². The number of aromatic nitrogens is 2. The fourth-order valence-electron chi connectivity index (χ4n) is 4.63. The van der Waals surface area contributed by atoms with E-state index in [1.807, 2.05) is 0 Å². The fraction of sp³-hybridized carbons (Fsp3) is 0.0800. The number of nitrogens with zero attached hydrogens (tertiary/aromatic N) is 3. The van der Waals surface area contributed by atoms with Gasteiger partial charge in [-0.2, -0.15) is 5.26 Å². The van der Waals surface area contributed by atoms with E-state index < -0.39 is 32.0 Å². The predicted octanol–water partition coefficient (Wildman–Crippen LogP) is 4.64. The SMILES string of the molecule is CS(=O)(=O)c1cc(F)c(Cn2c3cc(F)c4ccoc4c3c3c4cccnc4oc(=O)c32)cc1C#N. The van der Waals surface area contributed by atoms with Gasteiger partial charge in [0, 0.05) is 28.8 Å². The lowest BCUT2D eigenvalue weighted by Crippen LogP contribution is -2.11. The Morgan fingerprint density at radius 1 is 1.11 bits per heavy atom. The summed E-state index contributed by atoms with van der Waals surface area (Å²) in [6, 6.07) is 9.65. The molecule has 0 aliphatic rings. The molecule has 4 aromatic heterocycles. The summed E-state index contributed by atoms with van der Waals surface area (Å²) in [5, 5.41) is 10.9. The van der Waals surface area contributed by atoms with Gasteiger partial charge in [0.25, 0.3) is 0 Å². The van der Waals surface area contributed by atoms with Crippen molar-refractivity contribution in [3.8, 4) is 6.07 Å². The van der Waals surface area contributed by atoms with Gasteiger partial charge in [0.2, 0.25) is 5.71 Å². The van der Waals surface area contributed by atoms with Gasteiger partial charge in [-0.15, -0.1) is 0 Å². The number of halogens is 2. The molecule has 6 aromatic rings. The molecule has 0 aliphatic carbocycles. The van der Waals surface area contributed by atoms with Crippen molar-refractivity contribution in [1.29, 1.82) is 5.26 Å². The zero-order valence-corrected chi connectivity index (χ0v) is 19.2. The lowest BCUT2D eigenvalue weighted by atomic mass is 10.1. The molecule has 0 aliphatic heterocycles. The third kappa shape index (κ3) is 3.04. The molecule has 178 valence electrons. The lowest BCUT2D eigenvalue weighted by Gasteiger charge is -2.11. The van der Waals surface area contributed by atoms with Crippen LogP contribution in [0, 0.1) is 23.0 Å². The number of rotatable bonds is 3. The second-order valence-corrected chi connectivity index (χ2v) is 10.3. The van der Waals surface area contributed by atoms with E-state index in [0.717, 1.165) is 18.4 Å². The van der Waals surface area contributed by atoms with E-state index in [2.05, 4.69) is 4.98 Å². The van der Waals surface area contributed by atoms with Gasteiger partial charge >= 0.3 is 5.63 Å². The topological polar surface area (TPSA) is 119 Å². The third-order valence-electron chi connectivity index (χ3n) is 6.14. The van der Waals surface area contributed by atoms with Gasteiger partial charge in [-0.05, 0) is 36.4 Å². The van der Waals surface area contributed by atoms with Gasteiger partial charge in [-0.25, -0.2) is 27.0 Å². The Kier molecular flexibility index (Phi) is 4.55. The van der Waals surface area contributed by atoms with Crippen molar-refractivity contribution in [2.75, 3.05) is 6.26 Å². The molecular weight excluding hydrogens is 492 g/mol. The average molecular weight is 505 g/mol. The summed E-state index contributed by atoms with van der Waals surface area (Å²) in [7, 11) is -3.87. The molecule has 2 aromatic carbocycles. The molecule has 0 radical (unpaired) electrons. The minimum absolute atomic E-state index is 0.0129. The molecule has 36 heavy (non-hydrogen) atoms. The molecule has 0 fully saturated rings. The Morgan fingerprint density at radius 2 is 1.92 bits per heavy atom. The first-order valence-corrected chi connectivity index (χ1v) is 12.4. The van der Waals surface area contributed by atoms with Crippen molar-refractivity contribution in [1.82, 2.24) is 9.55 Å². The van der Waals surface area contributed by atoms with Crippen molar-refractivity contribution >= 4 is 53.7 Å². The molecule has 6 rings (SSSR count). The quantitative estimate of drug-likeness (QED) is 0.344. The van der Waals surface area contributed by atoms with Crippen LogP contribution in [-0.4, -0.2) is 24.2 Å². The van der Waals surface area contributed by atoms with E-state index in [1.54, 1.807) is 18.2 Å². The molecule has 0 atom stereocenters. The zero-order chi connectivity index (χ0) is 25.4. The second kappa shape index (κ2) is 7.47. The molecule has 0 amide bonds. The number of hydrogen-bond donors (Lipinski definition) is 0. The molecule has 0 saturated heterocycles. The minimum Gasteiger partial charge on any atom is -0.463 e. The van der Waals surface area contributed by atoms with Crippen molar-refractivity contribution in [2.24, 2.45) is 0 Å². The smallest absolute Gasteiger partial charge is 0.362 e. The normalized spacial score (nSPS) is 12.2. The van der Waals surface area contributed by atoms with Crippen LogP contribution in [0.25, 0.3) is 43.9 Å². The Balaban J connectivity index is 1.76. The molecule has 4 heterocycles. The highest BCUT2D eigenvalue weighted by Gasteiger charge is 2.25. The van der Waals surface area contributed by atoms with Crippen LogP contribution >= 0.6 is 0 Å². The number of furan rings is 1. The van der Waals surface area contributed by atoms with Crippen molar-refractivity contribution in [3.05, 3.63) is 82.0 Å². The number of fused-ring (bicyclic) bond motifs is 7. The van der Waals surface area contributed by atoms with Crippen molar-refractivity contribution < 1.29 is 26.0 Å². The van der Waals surface area contributed by atoms with Gasteiger partial charge in [0.15, 0.2) is 9.84 Å². The Morgan fingerprint density at radius 3 is 2.67 bits per heavy atom. The molecule has 0 saturated carbocycles. The summed E-state index contributed by atoms with van der Waals surface area (Å²) in [6.45, 7) is -0.327. The van der Waals surface area contributed by atoms with Crippen LogP contribution < -0.4 is 5.63 Å². The van der Waals surface area contributed by atoms with Crippen molar-refractivity contribution in [3.63, 3.8) is 0 Å². The molecule has 8 nitrogen and oxygen atoms in total. The van der Waals surface area contributed by atoms with Gasteiger partial charge in [-0.1, -0.05) is 0 Å². The maximum Gasteiger partial charge on any atom is 0.362 e. The van der Waals surface area contributed by atoms with E-state index in [9.17, 15) is 18.5 Å². The number of sulfone groups is 1. The molecule has 11 heteroatoms. The van der Waals surface area contributed by atoms with Crippen LogP contribution in [-0.2, 0) is 16.4 Å². The maximum absolute atomic E-state index is 15.1. The van der Waals surface area contributed by atoms with Crippen LogP contribution in [0.1, 0.15) is 11.1 Å². The highest BCUT2D eigenvalue weighted by atomic mass is 32.2. The first-order valence-electron chi connectivity index (χ1n) is 10.5. The second-order valence-electron chi connectivity index (χ2n) is 8.30. The van der Waals surface area contributed by atoms with E-state index in [4.69, 9.17) is 8.83 Å². The van der Waals surface area contributed by atoms with Crippen LogP contribution in [0.3, 0.4) is 0 Å². The number of nitriles is 1. The zero-order valence-electron chi connectivity index (χ0n) is 18.4. The average Bonchev–Trinajstić information content (AvgIpc) is 3.44. The fourth-order valence-corrected chi connectivity index (χ4v) is 5.45. The summed E-state index contributed by atoms with van der Waals surface area (Å²) in [4.78, 5) is 16.8. The Labute approximate surface area is 200 Å². The Bertz CT molecular complexity index is 2120. The summed E-state index contributed by atoms with van der Waals surface area (Å²) in [5.41, 5.74) is -0.637.